The highest BCUT2D eigenvalue weighted by molar-refractivity contribution is 7.25. The molecule has 0 amide bonds. The summed E-state index contributed by atoms with van der Waals surface area (Å²) in [5.74, 6) is 0. The van der Waals surface area contributed by atoms with E-state index in [-0.39, 0.29) is 18.5 Å². The monoisotopic (exact) mass is 677 g/mol. The molecule has 5 nitrogen and oxygen atoms in total. The van der Waals surface area contributed by atoms with Gasteiger partial charge in [0, 0.05) is 47.3 Å². The van der Waals surface area contributed by atoms with Crippen molar-refractivity contribution in [1.29, 1.82) is 0 Å². The van der Waals surface area contributed by atoms with Gasteiger partial charge in [0.2, 0.25) is 0 Å². The molecule has 1 fully saturated rings. The smallest absolute Gasteiger partial charge is 0.143 e. The van der Waals surface area contributed by atoms with Gasteiger partial charge in [-0.15, -0.1) is 11.3 Å². The SMILES string of the molecule is c1ccc(C2NC(c3ccc4oc5ccc(-c6cccc7c6oc6ccccc67)cc5c4c3)NC(c3ccc4sc5ccccc5c4c3)N2)cc1. The Morgan fingerprint density at radius 2 is 1.00 bits per heavy atom. The van der Waals surface area contributed by atoms with Gasteiger partial charge in [0.15, 0.2) is 0 Å². The molecule has 0 saturated carbocycles. The van der Waals surface area contributed by atoms with E-state index in [9.17, 15) is 0 Å². The molecule has 7 aromatic carbocycles. The Hall–Kier alpha value is -5.76. The van der Waals surface area contributed by atoms with Crippen LogP contribution in [0.15, 0.2) is 160 Å². The van der Waals surface area contributed by atoms with E-state index in [4.69, 9.17) is 8.83 Å². The average molecular weight is 678 g/mol. The quantitative estimate of drug-likeness (QED) is 0.173. The van der Waals surface area contributed by atoms with Crippen LogP contribution in [0.2, 0.25) is 0 Å². The molecule has 1 saturated heterocycles. The standard InChI is InChI=1S/C45H31N3O2S/c1-2-9-26(10-3-1)43-46-44(48-45(47-43)29-19-22-41-36(25-29)32-12-5-7-16-40(32)51-41)28-18-21-39-35(24-28)34-23-27(17-20-38(34)49-39)30-13-8-14-33-31-11-4-6-15-37(31)50-42(30)33/h1-25,43-48H. The highest BCUT2D eigenvalue weighted by Gasteiger charge is 2.30. The minimum atomic E-state index is -0.127. The Labute approximate surface area is 297 Å². The lowest BCUT2D eigenvalue weighted by Gasteiger charge is -2.39. The minimum Gasteiger partial charge on any atom is -0.456 e. The van der Waals surface area contributed by atoms with Gasteiger partial charge in [-0.05, 0) is 70.8 Å². The zero-order valence-corrected chi connectivity index (χ0v) is 28.2. The number of thiophene rings is 1. The van der Waals surface area contributed by atoms with Crippen molar-refractivity contribution in [3.8, 4) is 11.1 Å². The number of furan rings is 2. The van der Waals surface area contributed by atoms with Crippen LogP contribution < -0.4 is 16.0 Å². The van der Waals surface area contributed by atoms with Gasteiger partial charge in [0.05, 0.1) is 18.5 Å². The molecule has 11 rings (SSSR count). The third-order valence-corrected chi connectivity index (χ3v) is 11.6. The predicted molar refractivity (Wildman–Crippen MR) is 210 cm³/mol. The largest absolute Gasteiger partial charge is 0.456 e. The number of hydrogen-bond acceptors (Lipinski definition) is 6. The van der Waals surface area contributed by atoms with E-state index >= 15 is 0 Å². The summed E-state index contributed by atoms with van der Waals surface area (Å²) >= 11 is 1.85. The summed E-state index contributed by atoms with van der Waals surface area (Å²) in [6.45, 7) is 0. The number of fused-ring (bicyclic) bond motifs is 9. The van der Waals surface area contributed by atoms with Gasteiger partial charge in [0.1, 0.15) is 22.3 Å². The van der Waals surface area contributed by atoms with Crippen molar-refractivity contribution in [3.05, 3.63) is 168 Å². The molecule has 3 aromatic heterocycles. The zero-order valence-electron chi connectivity index (χ0n) is 27.4. The molecule has 0 bridgehead atoms. The van der Waals surface area contributed by atoms with E-state index in [0.717, 1.165) is 60.6 Å². The summed E-state index contributed by atoms with van der Waals surface area (Å²) in [5, 5.41) is 18.6. The molecule has 6 heteroatoms. The summed E-state index contributed by atoms with van der Waals surface area (Å²) in [4.78, 5) is 0. The van der Waals surface area contributed by atoms with Crippen LogP contribution >= 0.6 is 11.3 Å². The van der Waals surface area contributed by atoms with E-state index in [1.165, 1.54) is 31.3 Å². The molecule has 3 N–H and O–H groups in total. The van der Waals surface area contributed by atoms with Gasteiger partial charge in [-0.1, -0.05) is 103 Å². The third-order valence-electron chi connectivity index (χ3n) is 10.4. The fraction of sp³-hybridized carbons (Fsp3) is 0.0667. The van der Waals surface area contributed by atoms with Crippen LogP contribution in [0.3, 0.4) is 0 Å². The summed E-state index contributed by atoms with van der Waals surface area (Å²) in [5.41, 5.74) is 9.24. The topological polar surface area (TPSA) is 62.4 Å². The Morgan fingerprint density at radius 1 is 0.392 bits per heavy atom. The molecule has 0 radical (unpaired) electrons. The van der Waals surface area contributed by atoms with Crippen molar-refractivity contribution in [2.24, 2.45) is 0 Å². The lowest BCUT2D eigenvalue weighted by molar-refractivity contribution is 0.203. The first-order chi connectivity index (χ1) is 25.2. The highest BCUT2D eigenvalue weighted by atomic mass is 32.1. The molecular weight excluding hydrogens is 647 g/mol. The first-order valence-electron chi connectivity index (χ1n) is 17.3. The molecule has 1 aliphatic rings. The van der Waals surface area contributed by atoms with Crippen molar-refractivity contribution >= 4 is 75.4 Å². The molecule has 3 atom stereocenters. The molecule has 10 aromatic rings. The molecule has 0 aliphatic carbocycles. The predicted octanol–water partition coefficient (Wildman–Crippen LogP) is 11.7. The normalized spacial score (nSPS) is 18.2. The number of hydrogen-bond donors (Lipinski definition) is 3. The summed E-state index contributed by atoms with van der Waals surface area (Å²) in [7, 11) is 0. The highest BCUT2D eigenvalue weighted by Crippen LogP contribution is 2.40. The van der Waals surface area contributed by atoms with Crippen molar-refractivity contribution in [3.63, 3.8) is 0 Å². The summed E-state index contributed by atoms with van der Waals surface area (Å²) in [6, 6.07) is 53.8. The summed E-state index contributed by atoms with van der Waals surface area (Å²) in [6.07, 6.45) is -0.277. The molecule has 0 spiro atoms. The number of benzene rings is 7. The van der Waals surface area contributed by atoms with Crippen LogP contribution in [-0.2, 0) is 0 Å². The number of rotatable bonds is 4. The van der Waals surface area contributed by atoms with Crippen LogP contribution in [0.5, 0.6) is 0 Å². The lowest BCUT2D eigenvalue weighted by atomic mass is 9.99. The van der Waals surface area contributed by atoms with Gasteiger partial charge < -0.3 is 8.83 Å². The molecular formula is C45H31N3O2S. The lowest BCUT2D eigenvalue weighted by Crippen LogP contribution is -2.54. The van der Waals surface area contributed by atoms with E-state index in [0.29, 0.717) is 0 Å². The molecule has 3 unspecified atom stereocenters. The van der Waals surface area contributed by atoms with Crippen molar-refractivity contribution in [1.82, 2.24) is 16.0 Å². The molecule has 1 aliphatic heterocycles. The number of para-hydroxylation sites is 2. The van der Waals surface area contributed by atoms with E-state index < -0.39 is 0 Å². The maximum atomic E-state index is 6.41. The van der Waals surface area contributed by atoms with Crippen LogP contribution in [0.25, 0.3) is 75.2 Å². The number of nitrogens with one attached hydrogen (secondary N) is 3. The van der Waals surface area contributed by atoms with Crippen molar-refractivity contribution in [2.45, 2.75) is 18.5 Å². The minimum absolute atomic E-state index is 0.0648. The first-order valence-corrected chi connectivity index (χ1v) is 18.2. The van der Waals surface area contributed by atoms with E-state index in [1.54, 1.807) is 0 Å². The molecule has 4 heterocycles. The van der Waals surface area contributed by atoms with Gasteiger partial charge in [-0.2, -0.15) is 0 Å². The second-order valence-corrected chi connectivity index (χ2v) is 14.5. The zero-order chi connectivity index (χ0) is 33.5. The first kappa shape index (κ1) is 29.0. The fourth-order valence-corrected chi connectivity index (χ4v) is 8.99. The van der Waals surface area contributed by atoms with Gasteiger partial charge in [-0.3, -0.25) is 16.0 Å². The van der Waals surface area contributed by atoms with E-state index in [1.807, 2.05) is 23.5 Å². The maximum Gasteiger partial charge on any atom is 0.143 e. The molecule has 244 valence electrons. The Balaban J connectivity index is 1.01. The van der Waals surface area contributed by atoms with Crippen molar-refractivity contribution < 1.29 is 8.83 Å². The van der Waals surface area contributed by atoms with Gasteiger partial charge in [0.25, 0.3) is 0 Å². The van der Waals surface area contributed by atoms with Crippen LogP contribution in [0, 0.1) is 0 Å². The second kappa shape index (κ2) is 11.4. The summed E-state index contributed by atoms with van der Waals surface area (Å²) < 4.78 is 15.4. The third kappa shape index (κ3) is 4.73. The van der Waals surface area contributed by atoms with Gasteiger partial charge in [-0.25, -0.2) is 0 Å². The van der Waals surface area contributed by atoms with Gasteiger partial charge >= 0.3 is 0 Å². The van der Waals surface area contributed by atoms with Crippen molar-refractivity contribution in [2.75, 3.05) is 0 Å². The second-order valence-electron chi connectivity index (χ2n) is 13.4. The maximum absolute atomic E-state index is 6.41. The molecule has 51 heavy (non-hydrogen) atoms. The Morgan fingerprint density at radius 3 is 1.84 bits per heavy atom. The fourth-order valence-electron chi connectivity index (χ4n) is 7.91. The average Bonchev–Trinajstić information content (AvgIpc) is 3.88. The van der Waals surface area contributed by atoms with Crippen LogP contribution in [0.1, 0.15) is 35.2 Å². The Kier molecular flexibility index (Phi) is 6.48. The van der Waals surface area contributed by atoms with Crippen LogP contribution in [0.4, 0.5) is 0 Å². The van der Waals surface area contributed by atoms with E-state index in [2.05, 4.69) is 155 Å². The van der Waals surface area contributed by atoms with Crippen LogP contribution in [-0.4, -0.2) is 0 Å². The Bertz CT molecular complexity index is 2940.